The first-order valence-electron chi connectivity index (χ1n) is 9.94. The molecular weight excluding hydrogens is 392 g/mol. The molecule has 3 aliphatic rings. The summed E-state index contributed by atoms with van der Waals surface area (Å²) in [5, 5.41) is 11.2. The van der Waals surface area contributed by atoms with Crippen molar-refractivity contribution in [1.29, 1.82) is 0 Å². The quantitative estimate of drug-likeness (QED) is 0.242. The Morgan fingerprint density at radius 1 is 1.27 bits per heavy atom. The van der Waals surface area contributed by atoms with Crippen molar-refractivity contribution < 1.29 is 38.4 Å². The van der Waals surface area contributed by atoms with Crippen molar-refractivity contribution in [3.05, 3.63) is 35.5 Å². The summed E-state index contributed by atoms with van der Waals surface area (Å²) in [5.41, 5.74) is 0.273. The molecule has 3 rings (SSSR count). The van der Waals surface area contributed by atoms with Crippen LogP contribution in [0.3, 0.4) is 0 Å². The van der Waals surface area contributed by atoms with Crippen LogP contribution in [-0.2, 0) is 33.3 Å². The highest BCUT2D eigenvalue weighted by atomic mass is 16.7. The van der Waals surface area contributed by atoms with Gasteiger partial charge in [-0.2, -0.15) is 0 Å². The molecule has 7 atom stereocenters. The monoisotopic (exact) mass is 420 g/mol. The van der Waals surface area contributed by atoms with Crippen molar-refractivity contribution in [2.45, 2.75) is 77.2 Å². The van der Waals surface area contributed by atoms with E-state index in [1.54, 1.807) is 39.8 Å². The van der Waals surface area contributed by atoms with E-state index in [2.05, 4.69) is 6.58 Å². The van der Waals surface area contributed by atoms with Crippen LogP contribution in [0.2, 0.25) is 0 Å². The van der Waals surface area contributed by atoms with Gasteiger partial charge in [-0.15, -0.1) is 0 Å². The summed E-state index contributed by atoms with van der Waals surface area (Å²) >= 11 is 0. The van der Waals surface area contributed by atoms with Crippen LogP contribution in [0, 0.1) is 5.92 Å². The number of aliphatic hydroxyl groups excluding tert-OH is 1. The predicted molar refractivity (Wildman–Crippen MR) is 105 cm³/mol. The van der Waals surface area contributed by atoms with E-state index >= 15 is 0 Å². The average Bonchev–Trinajstić information content (AvgIpc) is 3.18. The van der Waals surface area contributed by atoms with Crippen LogP contribution in [0.25, 0.3) is 0 Å². The number of hydrogen-bond acceptors (Lipinski definition) is 8. The normalized spacial score (nSPS) is 42.1. The Kier molecular flexibility index (Phi) is 5.93. The summed E-state index contributed by atoms with van der Waals surface area (Å²) in [5.74, 6) is -2.50. The fourth-order valence-corrected chi connectivity index (χ4v) is 3.85. The molecule has 2 unspecified atom stereocenters. The lowest BCUT2D eigenvalue weighted by Crippen LogP contribution is -2.44. The molecule has 1 aliphatic carbocycles. The Hall–Kier alpha value is -2.45. The number of fused-ring (bicyclic) bond motifs is 1. The van der Waals surface area contributed by atoms with Gasteiger partial charge in [0.15, 0.2) is 5.60 Å². The first-order chi connectivity index (χ1) is 14.0. The predicted octanol–water partition coefficient (Wildman–Crippen LogP) is 1.76. The van der Waals surface area contributed by atoms with E-state index in [4.69, 9.17) is 18.9 Å². The molecule has 0 spiro atoms. The maximum absolute atomic E-state index is 12.7. The van der Waals surface area contributed by atoms with Crippen molar-refractivity contribution in [3.63, 3.8) is 0 Å². The number of esters is 3. The second kappa shape index (κ2) is 8.00. The third-order valence-electron chi connectivity index (χ3n) is 6.07. The minimum Gasteiger partial charge on any atom is -0.458 e. The molecule has 0 radical (unpaired) electrons. The number of hydrogen-bond donors (Lipinski definition) is 1. The Morgan fingerprint density at radius 2 is 1.90 bits per heavy atom. The number of carbonyl (C=O) groups excluding carboxylic acids is 3. The van der Waals surface area contributed by atoms with Crippen molar-refractivity contribution in [3.8, 4) is 0 Å². The summed E-state index contributed by atoms with van der Waals surface area (Å²) in [6, 6.07) is 0. The van der Waals surface area contributed by atoms with Gasteiger partial charge in [-0.05, 0) is 44.9 Å². The molecule has 0 aromatic carbocycles. The molecular formula is C22H28O8. The van der Waals surface area contributed by atoms with Gasteiger partial charge < -0.3 is 24.1 Å². The number of rotatable bonds is 3. The molecule has 2 heterocycles. The lowest BCUT2D eigenvalue weighted by atomic mass is 9.83. The Bertz CT molecular complexity index is 840. The third kappa shape index (κ3) is 4.06. The Balaban J connectivity index is 1.98. The summed E-state index contributed by atoms with van der Waals surface area (Å²) in [4.78, 5) is 36.4. The molecule has 0 bridgehead atoms. The van der Waals surface area contributed by atoms with E-state index in [0.29, 0.717) is 17.6 Å². The van der Waals surface area contributed by atoms with Crippen molar-refractivity contribution in [2.24, 2.45) is 5.92 Å². The van der Waals surface area contributed by atoms with Crippen LogP contribution >= 0.6 is 0 Å². The number of ether oxygens (including phenoxy) is 4. The van der Waals surface area contributed by atoms with E-state index < -0.39 is 53.8 Å². The minimum absolute atomic E-state index is 0.0947. The zero-order chi connectivity index (χ0) is 22.4. The first kappa shape index (κ1) is 22.2. The van der Waals surface area contributed by atoms with Gasteiger partial charge in [-0.25, -0.2) is 9.59 Å². The van der Waals surface area contributed by atoms with Crippen LogP contribution in [-0.4, -0.2) is 59.1 Å². The van der Waals surface area contributed by atoms with Gasteiger partial charge in [0, 0.05) is 18.9 Å². The van der Waals surface area contributed by atoms with Gasteiger partial charge >= 0.3 is 17.9 Å². The van der Waals surface area contributed by atoms with Crippen molar-refractivity contribution in [1.82, 2.24) is 0 Å². The molecule has 0 aromatic rings. The SMILES string of the molecule is C=C1C(=O)O[C@@H]2/C=C(\C)[C@@H](OC(C)=O)C/C=C(/C)C(OC(=O)[C@]3(C)O[C@@H]3C)C(O)[C@@H]12. The zero-order valence-electron chi connectivity index (χ0n) is 17.8. The van der Waals surface area contributed by atoms with Gasteiger partial charge in [0.05, 0.1) is 12.0 Å². The molecule has 8 heteroatoms. The Labute approximate surface area is 175 Å². The largest absolute Gasteiger partial charge is 0.458 e. The van der Waals surface area contributed by atoms with Gasteiger partial charge in [0.2, 0.25) is 0 Å². The smallest absolute Gasteiger partial charge is 0.341 e. The minimum atomic E-state index is -1.26. The van der Waals surface area contributed by atoms with E-state index in [-0.39, 0.29) is 11.7 Å². The molecule has 164 valence electrons. The summed E-state index contributed by atoms with van der Waals surface area (Å²) in [6.45, 7) is 11.9. The van der Waals surface area contributed by atoms with Gasteiger partial charge in [-0.3, -0.25) is 4.79 Å². The fourth-order valence-electron chi connectivity index (χ4n) is 3.85. The lowest BCUT2D eigenvalue weighted by Gasteiger charge is -2.31. The maximum atomic E-state index is 12.7. The number of epoxide rings is 1. The summed E-state index contributed by atoms with van der Waals surface area (Å²) in [7, 11) is 0. The maximum Gasteiger partial charge on any atom is 0.341 e. The van der Waals surface area contributed by atoms with Crippen molar-refractivity contribution in [2.75, 3.05) is 0 Å². The molecule has 0 saturated carbocycles. The fraction of sp³-hybridized carbons (Fsp3) is 0.591. The summed E-state index contributed by atoms with van der Waals surface area (Å²) < 4.78 is 21.8. The van der Waals surface area contributed by atoms with E-state index in [0.717, 1.165) is 0 Å². The molecule has 0 aromatic heterocycles. The molecule has 2 saturated heterocycles. The first-order valence-corrected chi connectivity index (χ1v) is 9.94. The van der Waals surface area contributed by atoms with Crippen LogP contribution in [0.1, 0.15) is 41.0 Å². The van der Waals surface area contributed by atoms with Gasteiger partial charge in [0.25, 0.3) is 0 Å². The molecule has 2 fully saturated rings. The highest BCUT2D eigenvalue weighted by Gasteiger charge is 2.58. The average molecular weight is 420 g/mol. The molecule has 0 amide bonds. The molecule has 30 heavy (non-hydrogen) atoms. The zero-order valence-corrected chi connectivity index (χ0v) is 17.8. The van der Waals surface area contributed by atoms with Crippen LogP contribution in [0.4, 0.5) is 0 Å². The molecule has 2 aliphatic heterocycles. The summed E-state index contributed by atoms with van der Waals surface area (Å²) in [6.07, 6.45) is -0.284. The van der Waals surface area contributed by atoms with E-state index in [9.17, 15) is 19.5 Å². The highest BCUT2D eigenvalue weighted by Crippen LogP contribution is 2.40. The molecule has 1 N–H and O–H groups in total. The van der Waals surface area contributed by atoms with Crippen LogP contribution in [0.15, 0.2) is 35.5 Å². The van der Waals surface area contributed by atoms with E-state index in [1.165, 1.54) is 6.92 Å². The highest BCUT2D eigenvalue weighted by molar-refractivity contribution is 5.91. The van der Waals surface area contributed by atoms with Crippen molar-refractivity contribution >= 4 is 17.9 Å². The van der Waals surface area contributed by atoms with Gasteiger partial charge in [-0.1, -0.05) is 12.7 Å². The molecule has 8 nitrogen and oxygen atoms in total. The topological polar surface area (TPSA) is 112 Å². The second-order valence-corrected chi connectivity index (χ2v) is 8.30. The number of aliphatic hydroxyl groups is 1. The third-order valence-corrected chi connectivity index (χ3v) is 6.07. The standard InChI is InChI=1S/C22H28O8/c1-10-7-8-15(27-14(5)23)11(2)9-16-17(12(3)20(25)28-16)18(24)19(10)29-21(26)22(6)13(4)30-22/h7,9,13,15-19,24H,3,8H2,1-2,4-6H3/b10-7-,11-9+/t13-,15+,16-,17+,18?,19?,22-/m1/s1. The second-order valence-electron chi connectivity index (χ2n) is 8.30. The van der Waals surface area contributed by atoms with E-state index in [1.807, 2.05) is 0 Å². The van der Waals surface area contributed by atoms with Crippen LogP contribution < -0.4 is 0 Å². The Morgan fingerprint density at radius 3 is 2.47 bits per heavy atom. The van der Waals surface area contributed by atoms with Gasteiger partial charge in [0.1, 0.15) is 24.4 Å². The lowest BCUT2D eigenvalue weighted by molar-refractivity contribution is -0.160. The van der Waals surface area contributed by atoms with Crippen LogP contribution in [0.5, 0.6) is 0 Å². The number of carbonyl (C=O) groups is 3.